The number of aliphatic hydroxyl groups excluding tert-OH is 4. The zero-order valence-electron chi connectivity index (χ0n) is 27.6. The largest absolute Gasteiger partial charge is 0.481 e. The van der Waals surface area contributed by atoms with Crippen LogP contribution in [-0.2, 0) is 14.3 Å². The first kappa shape index (κ1) is 32.6. The number of Topliss-reactive ketones (excluding diaryl/α,β-unsaturated/α-hetero) is 1. The number of ketones is 1. The van der Waals surface area contributed by atoms with Gasteiger partial charge in [0.1, 0.15) is 30.5 Å². The maximum Gasteiger partial charge on any atom is 0.310 e. The van der Waals surface area contributed by atoms with Crippen LogP contribution in [-0.4, -0.2) is 74.4 Å². The Labute approximate surface area is 262 Å². The first-order chi connectivity index (χ1) is 20.5. The lowest BCUT2D eigenvalue weighted by atomic mass is 9.34. The summed E-state index contributed by atoms with van der Waals surface area (Å²) in [5.74, 6) is -0.318. The maximum absolute atomic E-state index is 13.9. The minimum atomic E-state index is -1.55. The molecule has 0 amide bonds. The smallest absolute Gasteiger partial charge is 0.310 e. The van der Waals surface area contributed by atoms with Gasteiger partial charge in [-0.05, 0) is 110 Å². The van der Waals surface area contributed by atoms with Crippen molar-refractivity contribution in [3.63, 3.8) is 0 Å². The van der Waals surface area contributed by atoms with Crippen molar-refractivity contribution in [2.45, 2.75) is 136 Å². The second kappa shape index (κ2) is 10.6. The third-order valence-corrected chi connectivity index (χ3v) is 15.2. The van der Waals surface area contributed by atoms with Gasteiger partial charge >= 0.3 is 5.97 Å². The van der Waals surface area contributed by atoms with E-state index in [-0.39, 0.29) is 45.2 Å². The number of allylic oxidation sites excluding steroid dienone is 2. The lowest BCUT2D eigenvalue weighted by molar-refractivity contribution is -0.230. The molecule has 6 rings (SSSR count). The number of aliphatic hydroxyl groups is 4. The molecule has 6 unspecified atom stereocenters. The van der Waals surface area contributed by atoms with E-state index in [0.717, 1.165) is 57.8 Å². The topological polar surface area (TPSA) is 145 Å². The van der Waals surface area contributed by atoms with E-state index < -0.39 is 48.5 Å². The molecule has 4 saturated carbocycles. The number of carboxylic acid groups (broad SMARTS) is 1. The third kappa shape index (κ3) is 4.33. The highest BCUT2D eigenvalue weighted by molar-refractivity contribution is 5.86. The predicted molar refractivity (Wildman–Crippen MR) is 164 cm³/mol. The fourth-order valence-electron chi connectivity index (χ4n) is 12.2. The van der Waals surface area contributed by atoms with Gasteiger partial charge in [0.15, 0.2) is 5.78 Å². The quantitative estimate of drug-likeness (QED) is 0.290. The first-order valence-electron chi connectivity index (χ1n) is 17.3. The van der Waals surface area contributed by atoms with Crippen molar-refractivity contribution in [1.29, 1.82) is 0 Å². The minimum absolute atomic E-state index is 0.0107. The van der Waals surface area contributed by atoms with E-state index in [1.165, 1.54) is 5.57 Å². The zero-order chi connectivity index (χ0) is 32.2. The Morgan fingerprint density at radius 2 is 1.59 bits per heavy atom. The number of hydrogen-bond donors (Lipinski definition) is 5. The third-order valence-electron chi connectivity index (χ3n) is 15.2. The SMILES string of the molecule is C[C@@H]1C2CC[C@]3(C)C(CC=C4C5CC(C)(C)CC[C@]5(C(=O)O)CC[C@]43C)[C@@]2(C)CC[C@H]1C(=O)[C@@H]1OC(CO)[C@H](O)C(O)C1O. The summed E-state index contributed by atoms with van der Waals surface area (Å²) in [4.78, 5) is 26.8. The molecule has 0 aromatic heterocycles. The van der Waals surface area contributed by atoms with E-state index in [1.807, 2.05) is 0 Å². The molecule has 0 aromatic rings. The molecule has 44 heavy (non-hydrogen) atoms. The van der Waals surface area contributed by atoms with Crippen LogP contribution < -0.4 is 0 Å². The lowest BCUT2D eigenvalue weighted by Gasteiger charge is -2.70. The Hall–Kier alpha value is -1.32. The molecule has 248 valence electrons. The fourth-order valence-corrected chi connectivity index (χ4v) is 12.2. The van der Waals surface area contributed by atoms with Crippen LogP contribution in [0, 0.1) is 56.7 Å². The van der Waals surface area contributed by atoms with E-state index in [2.05, 4.69) is 47.6 Å². The van der Waals surface area contributed by atoms with Gasteiger partial charge in [0.25, 0.3) is 0 Å². The van der Waals surface area contributed by atoms with Crippen molar-refractivity contribution < 1.29 is 39.9 Å². The number of ether oxygens (including phenoxy) is 1. The molecule has 0 spiro atoms. The molecule has 5 fully saturated rings. The Morgan fingerprint density at radius 3 is 2.25 bits per heavy atom. The maximum atomic E-state index is 13.9. The number of carbonyl (C=O) groups excluding carboxylic acids is 1. The molecule has 14 atom stereocenters. The predicted octanol–water partition coefficient (Wildman–Crippen LogP) is 4.51. The number of fused-ring (bicyclic) bond motifs is 7. The van der Waals surface area contributed by atoms with Crippen molar-refractivity contribution in [3.8, 4) is 0 Å². The Morgan fingerprint density at radius 1 is 0.909 bits per heavy atom. The van der Waals surface area contributed by atoms with Gasteiger partial charge in [-0.2, -0.15) is 0 Å². The number of carbonyl (C=O) groups is 2. The van der Waals surface area contributed by atoms with Gasteiger partial charge in [-0.1, -0.05) is 53.2 Å². The Bertz CT molecular complexity index is 1210. The zero-order valence-corrected chi connectivity index (χ0v) is 27.6. The van der Waals surface area contributed by atoms with Crippen LogP contribution in [0.15, 0.2) is 11.6 Å². The fraction of sp³-hybridized carbons (Fsp3) is 0.889. The summed E-state index contributed by atoms with van der Waals surface area (Å²) in [6.07, 6.45) is 4.36. The van der Waals surface area contributed by atoms with Gasteiger partial charge in [-0.25, -0.2) is 0 Å². The minimum Gasteiger partial charge on any atom is -0.481 e. The monoisotopic (exact) mass is 616 g/mol. The summed E-state index contributed by atoms with van der Waals surface area (Å²) in [5.41, 5.74) is 0.875. The van der Waals surface area contributed by atoms with Gasteiger partial charge in [0, 0.05) is 5.92 Å². The van der Waals surface area contributed by atoms with Crippen LogP contribution >= 0.6 is 0 Å². The summed E-state index contributed by atoms with van der Waals surface area (Å²) in [5, 5.41) is 51.6. The molecule has 1 aliphatic heterocycles. The molecule has 0 radical (unpaired) electrons. The Balaban J connectivity index is 1.29. The van der Waals surface area contributed by atoms with Crippen molar-refractivity contribution in [2.75, 3.05) is 6.61 Å². The van der Waals surface area contributed by atoms with Gasteiger partial charge in [0.05, 0.1) is 12.0 Å². The van der Waals surface area contributed by atoms with E-state index in [0.29, 0.717) is 18.3 Å². The average molecular weight is 617 g/mol. The molecule has 1 heterocycles. The molecule has 8 heteroatoms. The van der Waals surface area contributed by atoms with Crippen molar-refractivity contribution in [1.82, 2.24) is 0 Å². The van der Waals surface area contributed by atoms with E-state index in [9.17, 15) is 35.1 Å². The normalized spacial score (nSPS) is 53.3. The van der Waals surface area contributed by atoms with Crippen LogP contribution in [0.2, 0.25) is 0 Å². The molecule has 8 nitrogen and oxygen atoms in total. The van der Waals surface area contributed by atoms with E-state index in [1.54, 1.807) is 0 Å². The highest BCUT2D eigenvalue weighted by Gasteiger charge is 2.68. The highest BCUT2D eigenvalue weighted by atomic mass is 16.5. The van der Waals surface area contributed by atoms with Crippen molar-refractivity contribution in [2.24, 2.45) is 56.7 Å². The van der Waals surface area contributed by atoms with Crippen LogP contribution in [0.5, 0.6) is 0 Å². The second-order valence-corrected chi connectivity index (χ2v) is 17.4. The van der Waals surface area contributed by atoms with Crippen LogP contribution in [0.1, 0.15) is 106 Å². The summed E-state index contributed by atoms with van der Waals surface area (Å²) >= 11 is 0. The van der Waals surface area contributed by atoms with Crippen molar-refractivity contribution in [3.05, 3.63) is 11.6 Å². The van der Waals surface area contributed by atoms with Gasteiger partial charge in [0.2, 0.25) is 0 Å². The summed E-state index contributed by atoms with van der Waals surface area (Å²) in [7, 11) is 0. The Kier molecular flexibility index (Phi) is 7.85. The molecular weight excluding hydrogens is 560 g/mol. The van der Waals surface area contributed by atoms with E-state index in [4.69, 9.17) is 4.74 Å². The standard InChI is InChI=1S/C36H56O8/c1-19-20(26(38)30-29(41)28(40)27(39)24(18-37)44-30)9-11-33(4)21(19)10-12-35(6)25(33)8-7-22-23-17-32(2,3)13-15-36(23,31(42)43)16-14-34(22,35)5/h7,19-21,23-25,27-30,37,39-41H,8-18H2,1-6H3,(H,42,43)/t19-,20+,21?,23?,24?,25?,27-,28?,29?,30-,33-,34+,35+,36-/m0/s1. The van der Waals surface area contributed by atoms with E-state index >= 15 is 0 Å². The lowest BCUT2D eigenvalue weighted by Crippen LogP contribution is -2.64. The molecule has 1 saturated heterocycles. The highest BCUT2D eigenvalue weighted by Crippen LogP contribution is 2.75. The average Bonchev–Trinajstić information content (AvgIpc) is 2.96. The molecular formula is C36H56O8. The molecule has 6 aliphatic rings. The number of hydrogen-bond acceptors (Lipinski definition) is 7. The van der Waals surface area contributed by atoms with Gasteiger partial charge in [-0.3, -0.25) is 9.59 Å². The number of aliphatic carboxylic acids is 1. The van der Waals surface area contributed by atoms with Crippen LogP contribution in [0.3, 0.4) is 0 Å². The molecule has 5 aliphatic carbocycles. The number of carboxylic acids is 1. The summed E-state index contributed by atoms with van der Waals surface area (Å²) in [6.45, 7) is 13.6. The number of rotatable bonds is 4. The molecule has 0 bridgehead atoms. The summed E-state index contributed by atoms with van der Waals surface area (Å²) < 4.78 is 5.70. The second-order valence-electron chi connectivity index (χ2n) is 17.4. The van der Waals surface area contributed by atoms with Gasteiger partial charge in [-0.15, -0.1) is 0 Å². The molecule has 5 N–H and O–H groups in total. The van der Waals surface area contributed by atoms with Crippen LogP contribution in [0.25, 0.3) is 0 Å². The summed E-state index contributed by atoms with van der Waals surface area (Å²) in [6, 6.07) is 0. The first-order valence-corrected chi connectivity index (χ1v) is 17.3. The van der Waals surface area contributed by atoms with Gasteiger partial charge < -0.3 is 30.3 Å². The van der Waals surface area contributed by atoms with Crippen molar-refractivity contribution >= 4 is 11.8 Å². The van der Waals surface area contributed by atoms with Crippen LogP contribution in [0.4, 0.5) is 0 Å². The molecule has 0 aromatic carbocycles.